The fourth-order valence-corrected chi connectivity index (χ4v) is 1.77. The van der Waals surface area contributed by atoms with E-state index in [9.17, 15) is 0 Å². The largest absolute Gasteiger partial charge is 0.360 e. The zero-order valence-corrected chi connectivity index (χ0v) is 10.9. The van der Waals surface area contributed by atoms with Crippen LogP contribution in [0, 0.1) is 0 Å². The van der Waals surface area contributed by atoms with Crippen LogP contribution in [0.25, 0.3) is 0 Å². The summed E-state index contributed by atoms with van der Waals surface area (Å²) in [5.41, 5.74) is 2.48. The third-order valence-corrected chi connectivity index (χ3v) is 2.62. The van der Waals surface area contributed by atoms with Gasteiger partial charge in [0.15, 0.2) is 0 Å². The van der Waals surface area contributed by atoms with Crippen LogP contribution in [0.2, 0.25) is 0 Å². The van der Waals surface area contributed by atoms with Gasteiger partial charge in [-0.15, -0.1) is 0 Å². The smallest absolute Gasteiger partial charge is 0.128 e. The minimum absolute atomic E-state index is 0.905. The van der Waals surface area contributed by atoms with E-state index in [0.717, 1.165) is 31.7 Å². The van der Waals surface area contributed by atoms with E-state index in [0.29, 0.717) is 0 Å². The van der Waals surface area contributed by atoms with E-state index in [4.69, 9.17) is 0 Å². The summed E-state index contributed by atoms with van der Waals surface area (Å²) in [6, 6.07) is 4.35. The summed E-state index contributed by atoms with van der Waals surface area (Å²) in [6.07, 6.45) is 2.14. The molecule has 16 heavy (non-hydrogen) atoms. The number of hydrogen-bond acceptors (Lipinski definition) is 3. The predicted molar refractivity (Wildman–Crippen MR) is 69.9 cm³/mol. The van der Waals surface area contributed by atoms with Crippen LogP contribution in [0.1, 0.15) is 31.5 Å². The second-order valence-electron chi connectivity index (χ2n) is 4.13. The molecule has 0 amide bonds. The minimum atomic E-state index is 0.905. The summed E-state index contributed by atoms with van der Waals surface area (Å²) in [6.45, 7) is 6.30. The Kier molecular flexibility index (Phi) is 5.26. The SMILES string of the molecule is CCCN(C)c1cc(CNC)cc(CC)n1. The summed E-state index contributed by atoms with van der Waals surface area (Å²) in [5.74, 6) is 1.09. The van der Waals surface area contributed by atoms with Crippen LogP contribution < -0.4 is 10.2 Å². The van der Waals surface area contributed by atoms with Gasteiger partial charge in [-0.1, -0.05) is 13.8 Å². The Morgan fingerprint density at radius 1 is 1.31 bits per heavy atom. The van der Waals surface area contributed by atoms with E-state index in [1.54, 1.807) is 0 Å². The molecular weight excluding hydrogens is 198 g/mol. The summed E-state index contributed by atoms with van der Waals surface area (Å²) >= 11 is 0. The van der Waals surface area contributed by atoms with Gasteiger partial charge in [0.2, 0.25) is 0 Å². The van der Waals surface area contributed by atoms with Gasteiger partial charge in [0, 0.05) is 25.8 Å². The van der Waals surface area contributed by atoms with E-state index in [1.165, 1.54) is 11.3 Å². The highest BCUT2D eigenvalue weighted by atomic mass is 15.2. The lowest BCUT2D eigenvalue weighted by Crippen LogP contribution is -2.20. The van der Waals surface area contributed by atoms with Crippen LogP contribution in [0.4, 0.5) is 5.82 Å². The van der Waals surface area contributed by atoms with Crippen LogP contribution in [0.5, 0.6) is 0 Å². The van der Waals surface area contributed by atoms with Gasteiger partial charge in [-0.2, -0.15) is 0 Å². The molecule has 1 N–H and O–H groups in total. The molecule has 0 bridgehead atoms. The first-order valence-corrected chi connectivity index (χ1v) is 6.06. The molecule has 0 fully saturated rings. The summed E-state index contributed by atoms with van der Waals surface area (Å²) in [7, 11) is 4.08. The fraction of sp³-hybridized carbons (Fsp3) is 0.615. The van der Waals surface area contributed by atoms with Crippen LogP contribution in [0.15, 0.2) is 12.1 Å². The Balaban J connectivity index is 2.93. The van der Waals surface area contributed by atoms with Gasteiger partial charge in [-0.3, -0.25) is 0 Å². The Morgan fingerprint density at radius 3 is 2.62 bits per heavy atom. The second-order valence-corrected chi connectivity index (χ2v) is 4.13. The molecular formula is C13H23N3. The molecule has 0 saturated heterocycles. The highest BCUT2D eigenvalue weighted by Gasteiger charge is 2.05. The maximum Gasteiger partial charge on any atom is 0.128 e. The third-order valence-electron chi connectivity index (χ3n) is 2.62. The van der Waals surface area contributed by atoms with Gasteiger partial charge >= 0.3 is 0 Å². The highest BCUT2D eigenvalue weighted by Crippen LogP contribution is 2.14. The van der Waals surface area contributed by atoms with Gasteiger partial charge in [0.1, 0.15) is 5.82 Å². The van der Waals surface area contributed by atoms with Gasteiger partial charge in [-0.05, 0) is 37.6 Å². The number of nitrogens with one attached hydrogen (secondary N) is 1. The van der Waals surface area contributed by atoms with Crippen molar-refractivity contribution in [1.29, 1.82) is 0 Å². The van der Waals surface area contributed by atoms with E-state index in [1.807, 2.05) is 7.05 Å². The van der Waals surface area contributed by atoms with E-state index >= 15 is 0 Å². The van der Waals surface area contributed by atoms with Crippen LogP contribution in [-0.2, 0) is 13.0 Å². The topological polar surface area (TPSA) is 28.2 Å². The van der Waals surface area contributed by atoms with Crippen molar-refractivity contribution in [3.63, 3.8) is 0 Å². The fourth-order valence-electron chi connectivity index (χ4n) is 1.77. The molecule has 0 aliphatic rings. The molecule has 1 heterocycles. The normalized spacial score (nSPS) is 10.5. The van der Waals surface area contributed by atoms with Crippen molar-refractivity contribution in [2.24, 2.45) is 0 Å². The molecule has 1 aromatic rings. The van der Waals surface area contributed by atoms with Gasteiger partial charge in [-0.25, -0.2) is 4.98 Å². The van der Waals surface area contributed by atoms with Crippen LogP contribution >= 0.6 is 0 Å². The maximum atomic E-state index is 4.65. The molecule has 0 aromatic carbocycles. The first-order chi connectivity index (χ1) is 7.71. The first-order valence-electron chi connectivity index (χ1n) is 6.06. The standard InChI is InChI=1S/C13H23N3/c1-5-7-16(4)13-9-11(10-14-3)8-12(6-2)15-13/h8-9,14H,5-7,10H2,1-4H3. The predicted octanol–water partition coefficient (Wildman–Crippen LogP) is 2.21. The molecule has 1 aromatic heterocycles. The molecule has 3 heteroatoms. The van der Waals surface area contributed by atoms with Crippen molar-refractivity contribution in [1.82, 2.24) is 10.3 Å². The van der Waals surface area contributed by atoms with Gasteiger partial charge in [0.05, 0.1) is 0 Å². The van der Waals surface area contributed by atoms with Crippen molar-refractivity contribution >= 4 is 5.82 Å². The third kappa shape index (κ3) is 3.49. The quantitative estimate of drug-likeness (QED) is 0.798. The van der Waals surface area contributed by atoms with E-state index < -0.39 is 0 Å². The Labute approximate surface area is 98.9 Å². The molecule has 90 valence electrons. The average Bonchev–Trinajstić information content (AvgIpc) is 2.29. The lowest BCUT2D eigenvalue weighted by molar-refractivity contribution is 0.798. The Morgan fingerprint density at radius 2 is 2.06 bits per heavy atom. The van der Waals surface area contributed by atoms with Crippen LogP contribution in [0.3, 0.4) is 0 Å². The van der Waals surface area contributed by atoms with Gasteiger partial charge < -0.3 is 10.2 Å². The average molecular weight is 221 g/mol. The molecule has 0 aliphatic carbocycles. The Hall–Kier alpha value is -1.09. The van der Waals surface area contributed by atoms with Crippen molar-refractivity contribution in [3.8, 4) is 0 Å². The van der Waals surface area contributed by atoms with Crippen molar-refractivity contribution in [2.45, 2.75) is 33.2 Å². The van der Waals surface area contributed by atoms with Crippen molar-refractivity contribution in [2.75, 3.05) is 25.5 Å². The van der Waals surface area contributed by atoms with Crippen molar-refractivity contribution in [3.05, 3.63) is 23.4 Å². The van der Waals surface area contributed by atoms with E-state index in [-0.39, 0.29) is 0 Å². The molecule has 0 radical (unpaired) electrons. The lowest BCUT2D eigenvalue weighted by atomic mass is 10.2. The number of anilines is 1. The number of pyridine rings is 1. The summed E-state index contributed by atoms with van der Waals surface area (Å²) < 4.78 is 0. The number of hydrogen-bond donors (Lipinski definition) is 1. The molecule has 0 saturated carbocycles. The molecule has 1 rings (SSSR count). The van der Waals surface area contributed by atoms with Gasteiger partial charge in [0.25, 0.3) is 0 Å². The zero-order chi connectivity index (χ0) is 12.0. The second kappa shape index (κ2) is 6.48. The summed E-state index contributed by atoms with van der Waals surface area (Å²) in [4.78, 5) is 6.87. The zero-order valence-electron chi connectivity index (χ0n) is 10.9. The van der Waals surface area contributed by atoms with Crippen LogP contribution in [-0.4, -0.2) is 25.6 Å². The summed E-state index contributed by atoms with van der Waals surface area (Å²) in [5, 5.41) is 3.19. The molecule has 0 unspecified atom stereocenters. The van der Waals surface area contributed by atoms with E-state index in [2.05, 4.69) is 48.2 Å². The first kappa shape index (κ1) is 13.0. The van der Waals surface area contributed by atoms with Crippen molar-refractivity contribution < 1.29 is 0 Å². The highest BCUT2D eigenvalue weighted by molar-refractivity contribution is 5.42. The number of rotatable bonds is 6. The Bertz CT molecular complexity index is 323. The monoisotopic (exact) mass is 221 g/mol. The molecule has 0 atom stereocenters. The minimum Gasteiger partial charge on any atom is -0.360 e. The maximum absolute atomic E-state index is 4.65. The number of nitrogens with zero attached hydrogens (tertiary/aromatic N) is 2. The molecule has 0 aliphatic heterocycles. The number of aryl methyl sites for hydroxylation is 1. The lowest BCUT2D eigenvalue weighted by Gasteiger charge is -2.19. The number of aromatic nitrogens is 1. The molecule has 0 spiro atoms. The molecule has 3 nitrogen and oxygen atoms in total.